The van der Waals surface area contributed by atoms with Crippen LogP contribution in [0.1, 0.15) is 39.2 Å². The van der Waals surface area contributed by atoms with Crippen LogP contribution in [0.15, 0.2) is 54.6 Å². The number of aliphatic hydroxyl groups is 1. The van der Waals surface area contributed by atoms with Gasteiger partial charge < -0.3 is 14.6 Å². The fourth-order valence-corrected chi connectivity index (χ4v) is 3.67. The smallest absolute Gasteiger partial charge is 0.222 e. The molecule has 3 rings (SSSR count). The predicted molar refractivity (Wildman–Crippen MR) is 128 cm³/mol. The number of aryl methyl sites for hydroxylation is 1. The lowest BCUT2D eigenvalue weighted by atomic mass is 10.1. The number of hydrogen-bond donors (Lipinski definition) is 1. The number of nitrogens with zero attached hydrogens (tertiary/aromatic N) is 3. The van der Waals surface area contributed by atoms with Crippen LogP contribution in [0.5, 0.6) is 17.4 Å². The molecule has 0 radical (unpaired) electrons. The zero-order valence-corrected chi connectivity index (χ0v) is 19.8. The summed E-state index contributed by atoms with van der Waals surface area (Å²) in [4.78, 5) is 2.32. The molecule has 0 amide bonds. The summed E-state index contributed by atoms with van der Waals surface area (Å²) >= 11 is 0. The Morgan fingerprint density at radius 1 is 1.00 bits per heavy atom. The van der Waals surface area contributed by atoms with Crippen molar-refractivity contribution in [2.75, 3.05) is 13.7 Å². The number of aliphatic hydroxyl groups excluding tert-OH is 1. The van der Waals surface area contributed by atoms with E-state index in [0.29, 0.717) is 25.0 Å². The van der Waals surface area contributed by atoms with Gasteiger partial charge in [-0.3, -0.25) is 4.90 Å². The summed E-state index contributed by atoms with van der Waals surface area (Å²) in [7, 11) is 3.55. The van der Waals surface area contributed by atoms with E-state index in [4.69, 9.17) is 14.6 Å². The van der Waals surface area contributed by atoms with Crippen molar-refractivity contribution >= 4 is 0 Å². The van der Waals surface area contributed by atoms with Gasteiger partial charge in [-0.2, -0.15) is 5.10 Å². The lowest BCUT2D eigenvalue weighted by molar-refractivity contribution is 0.0820. The molecule has 0 spiro atoms. The predicted octanol–water partition coefficient (Wildman–Crippen LogP) is 5.26. The van der Waals surface area contributed by atoms with E-state index in [-0.39, 0.29) is 6.10 Å². The standard InChI is InChI=1S/C26H35N3O3/c1-6-19(3)29(17-21(30)7-2)18-24-25(20-11-9-8-10-12-20)27-28(4)26(24)32-23-15-13-22(31-5)14-16-23/h8-16,19,21,30H,6-7,17-18H2,1-5H3/t19-,21-/m0/s1. The molecule has 32 heavy (non-hydrogen) atoms. The minimum Gasteiger partial charge on any atom is -0.497 e. The molecule has 1 N–H and O–H groups in total. The van der Waals surface area contributed by atoms with Crippen LogP contribution in [-0.4, -0.2) is 45.6 Å². The molecule has 0 saturated carbocycles. The molecule has 0 unspecified atom stereocenters. The minimum absolute atomic E-state index is 0.314. The van der Waals surface area contributed by atoms with Crippen molar-refractivity contribution in [2.24, 2.45) is 7.05 Å². The molecule has 0 aliphatic rings. The molecule has 0 bridgehead atoms. The molecular weight excluding hydrogens is 402 g/mol. The van der Waals surface area contributed by atoms with Gasteiger partial charge in [-0.15, -0.1) is 0 Å². The topological polar surface area (TPSA) is 59.8 Å². The molecule has 0 aliphatic carbocycles. The lowest BCUT2D eigenvalue weighted by Crippen LogP contribution is -2.38. The first-order valence-electron chi connectivity index (χ1n) is 11.3. The molecule has 2 atom stereocenters. The van der Waals surface area contributed by atoms with Gasteiger partial charge in [0.1, 0.15) is 17.2 Å². The highest BCUT2D eigenvalue weighted by molar-refractivity contribution is 5.65. The van der Waals surface area contributed by atoms with E-state index < -0.39 is 0 Å². The number of methoxy groups -OCH3 is 1. The average Bonchev–Trinajstić information content (AvgIpc) is 3.13. The molecule has 6 nitrogen and oxygen atoms in total. The van der Waals surface area contributed by atoms with Crippen LogP contribution in [0.4, 0.5) is 0 Å². The molecule has 6 heteroatoms. The van der Waals surface area contributed by atoms with E-state index >= 15 is 0 Å². The first-order chi connectivity index (χ1) is 15.5. The van der Waals surface area contributed by atoms with Gasteiger partial charge in [0.15, 0.2) is 0 Å². The van der Waals surface area contributed by atoms with Crippen molar-refractivity contribution in [1.29, 1.82) is 0 Å². The number of ether oxygens (including phenoxy) is 2. The number of aromatic nitrogens is 2. The van der Waals surface area contributed by atoms with Crippen molar-refractivity contribution < 1.29 is 14.6 Å². The Morgan fingerprint density at radius 2 is 1.66 bits per heavy atom. The van der Waals surface area contributed by atoms with E-state index in [1.807, 2.05) is 56.4 Å². The lowest BCUT2D eigenvalue weighted by Gasteiger charge is -2.30. The van der Waals surface area contributed by atoms with Gasteiger partial charge >= 0.3 is 0 Å². The van der Waals surface area contributed by atoms with Crippen LogP contribution in [0.2, 0.25) is 0 Å². The van der Waals surface area contributed by atoms with Gasteiger partial charge in [0.05, 0.1) is 18.8 Å². The third-order valence-electron chi connectivity index (χ3n) is 5.90. The zero-order chi connectivity index (χ0) is 23.1. The van der Waals surface area contributed by atoms with E-state index in [1.54, 1.807) is 11.8 Å². The largest absolute Gasteiger partial charge is 0.497 e. The Labute approximate surface area is 191 Å². The highest BCUT2D eigenvalue weighted by Gasteiger charge is 2.25. The summed E-state index contributed by atoms with van der Waals surface area (Å²) in [6.07, 6.45) is 1.35. The van der Waals surface area contributed by atoms with Crippen LogP contribution >= 0.6 is 0 Å². The highest BCUT2D eigenvalue weighted by Crippen LogP contribution is 2.35. The van der Waals surface area contributed by atoms with Crippen LogP contribution in [0, 0.1) is 0 Å². The van der Waals surface area contributed by atoms with Crippen LogP contribution in [0.3, 0.4) is 0 Å². The maximum atomic E-state index is 10.4. The summed E-state index contributed by atoms with van der Waals surface area (Å²) in [5.74, 6) is 2.20. The Morgan fingerprint density at radius 3 is 2.25 bits per heavy atom. The second kappa shape index (κ2) is 11.2. The first-order valence-corrected chi connectivity index (χ1v) is 11.3. The van der Waals surface area contributed by atoms with E-state index in [9.17, 15) is 5.11 Å². The van der Waals surface area contributed by atoms with Crippen LogP contribution in [0.25, 0.3) is 11.3 Å². The maximum Gasteiger partial charge on any atom is 0.222 e. The van der Waals surface area contributed by atoms with Gasteiger partial charge in [0, 0.05) is 31.7 Å². The summed E-state index contributed by atoms with van der Waals surface area (Å²) in [6, 6.07) is 18.0. The van der Waals surface area contributed by atoms with Gasteiger partial charge in [-0.05, 0) is 44.0 Å². The monoisotopic (exact) mass is 437 g/mol. The quantitative estimate of drug-likeness (QED) is 0.443. The Bertz CT molecular complexity index is 970. The van der Waals surface area contributed by atoms with Crippen molar-refractivity contribution in [3.63, 3.8) is 0 Å². The number of rotatable bonds is 11. The number of hydrogen-bond acceptors (Lipinski definition) is 5. The third kappa shape index (κ3) is 5.69. The molecule has 1 aromatic heterocycles. The SMILES string of the molecule is CC[C@H](O)CN(Cc1c(-c2ccccc2)nn(C)c1Oc1ccc(OC)cc1)[C@@H](C)CC. The van der Waals surface area contributed by atoms with Crippen molar-refractivity contribution in [3.05, 3.63) is 60.2 Å². The number of benzene rings is 2. The third-order valence-corrected chi connectivity index (χ3v) is 5.90. The molecule has 0 fully saturated rings. The van der Waals surface area contributed by atoms with Gasteiger partial charge in [-0.25, -0.2) is 4.68 Å². The Kier molecular flexibility index (Phi) is 8.31. The first kappa shape index (κ1) is 23.8. The van der Waals surface area contributed by atoms with Crippen molar-refractivity contribution in [3.8, 4) is 28.6 Å². The normalized spacial score (nSPS) is 13.2. The van der Waals surface area contributed by atoms with Gasteiger partial charge in [0.2, 0.25) is 5.88 Å². The molecule has 3 aromatic rings. The molecule has 2 aromatic carbocycles. The van der Waals surface area contributed by atoms with Crippen LogP contribution < -0.4 is 9.47 Å². The van der Waals surface area contributed by atoms with Crippen molar-refractivity contribution in [1.82, 2.24) is 14.7 Å². The second-order valence-electron chi connectivity index (χ2n) is 8.15. The van der Waals surface area contributed by atoms with Crippen molar-refractivity contribution in [2.45, 2.75) is 52.3 Å². The van der Waals surface area contributed by atoms with E-state index in [1.165, 1.54) is 0 Å². The van der Waals surface area contributed by atoms with Gasteiger partial charge in [0.25, 0.3) is 0 Å². The fourth-order valence-electron chi connectivity index (χ4n) is 3.67. The molecule has 0 saturated heterocycles. The maximum absolute atomic E-state index is 10.4. The van der Waals surface area contributed by atoms with E-state index in [0.717, 1.165) is 41.2 Å². The minimum atomic E-state index is -0.369. The highest BCUT2D eigenvalue weighted by atomic mass is 16.5. The van der Waals surface area contributed by atoms with E-state index in [2.05, 4.69) is 30.9 Å². The Hall–Kier alpha value is -2.83. The average molecular weight is 438 g/mol. The molecule has 1 heterocycles. The molecule has 0 aliphatic heterocycles. The second-order valence-corrected chi connectivity index (χ2v) is 8.15. The van der Waals surface area contributed by atoms with Gasteiger partial charge in [-0.1, -0.05) is 44.2 Å². The summed E-state index contributed by atoms with van der Waals surface area (Å²) in [5.41, 5.74) is 2.96. The summed E-state index contributed by atoms with van der Waals surface area (Å²) in [6.45, 7) is 7.63. The molecular formula is C26H35N3O3. The Balaban J connectivity index is 2.03. The summed E-state index contributed by atoms with van der Waals surface area (Å²) < 4.78 is 13.4. The van der Waals surface area contributed by atoms with Crippen LogP contribution in [-0.2, 0) is 13.6 Å². The molecule has 172 valence electrons. The fraction of sp³-hybridized carbons (Fsp3) is 0.423. The zero-order valence-electron chi connectivity index (χ0n) is 19.8. The summed E-state index contributed by atoms with van der Waals surface area (Å²) in [5, 5.41) is 15.2.